The van der Waals surface area contributed by atoms with E-state index in [-0.39, 0.29) is 19.1 Å². The number of carbonyl (C=O) groups is 2. The van der Waals surface area contributed by atoms with Crippen LogP contribution in [0.25, 0.3) is 0 Å². The summed E-state index contributed by atoms with van der Waals surface area (Å²) in [6.07, 6.45) is 4.21. The molecule has 0 atom stereocenters. The van der Waals surface area contributed by atoms with Crippen LogP contribution in [0.5, 0.6) is 11.5 Å². The van der Waals surface area contributed by atoms with Gasteiger partial charge in [0.05, 0.1) is 13.3 Å². The van der Waals surface area contributed by atoms with E-state index in [0.29, 0.717) is 17.1 Å². The third-order valence-corrected chi connectivity index (χ3v) is 2.73. The van der Waals surface area contributed by atoms with Gasteiger partial charge in [-0.3, -0.25) is 9.59 Å². The highest BCUT2D eigenvalue weighted by Gasteiger charge is 2.07. The monoisotopic (exact) mass is 332 g/mol. The minimum atomic E-state index is -0.585. The molecule has 1 aromatic carbocycles. The largest absolute Gasteiger partial charge is 0.493 e. The van der Waals surface area contributed by atoms with Gasteiger partial charge in [-0.25, -0.2) is 15.1 Å². The molecule has 2 amide bonds. The minimum Gasteiger partial charge on any atom is -0.493 e. The molecule has 1 heterocycles. The quantitative estimate of drug-likeness (QED) is 0.485. The van der Waals surface area contributed by atoms with Crippen LogP contribution in [0.2, 0.25) is 0 Å². The van der Waals surface area contributed by atoms with E-state index in [2.05, 4.69) is 20.6 Å². The molecule has 2 aromatic rings. The van der Waals surface area contributed by atoms with Crippen molar-refractivity contribution < 1.29 is 19.1 Å². The number of aromatic nitrogens is 3. The number of hydrogen-bond acceptors (Lipinski definition) is 7. The zero-order chi connectivity index (χ0) is 17.4. The molecule has 0 radical (unpaired) electrons. The molecular weight excluding hydrogens is 316 g/mol. The van der Waals surface area contributed by atoms with Crippen LogP contribution in [0.4, 0.5) is 0 Å². The number of nitrogens with two attached hydrogens (primary N) is 1. The lowest BCUT2D eigenvalue weighted by Crippen LogP contribution is -2.23. The van der Waals surface area contributed by atoms with Gasteiger partial charge < -0.3 is 15.2 Å². The number of methoxy groups -OCH3 is 1. The maximum absolute atomic E-state index is 11.6. The Kier molecular flexibility index (Phi) is 5.83. The Balaban J connectivity index is 1.93. The number of benzene rings is 1. The Bertz CT molecular complexity index is 729. The Hall–Kier alpha value is -3.43. The van der Waals surface area contributed by atoms with Gasteiger partial charge >= 0.3 is 0 Å². The molecule has 0 spiro atoms. The molecule has 10 nitrogen and oxygen atoms in total. The predicted molar refractivity (Wildman–Crippen MR) is 83.4 cm³/mol. The van der Waals surface area contributed by atoms with E-state index in [1.165, 1.54) is 30.7 Å². The normalized spacial score (nSPS) is 10.5. The Morgan fingerprint density at radius 3 is 2.92 bits per heavy atom. The molecule has 0 aliphatic rings. The first-order valence-corrected chi connectivity index (χ1v) is 6.82. The molecular formula is C14H16N6O4. The SMILES string of the molecule is COc1cc(C=NNC(=O)Cn2cncn2)ccc1OCC(N)=O. The summed E-state index contributed by atoms with van der Waals surface area (Å²) in [5.74, 6) is -0.138. The average molecular weight is 332 g/mol. The second kappa shape index (κ2) is 8.27. The van der Waals surface area contributed by atoms with E-state index in [1.807, 2.05) is 0 Å². The predicted octanol–water partition coefficient (Wildman–Crippen LogP) is -0.699. The van der Waals surface area contributed by atoms with Gasteiger partial charge in [0.15, 0.2) is 18.1 Å². The van der Waals surface area contributed by atoms with E-state index in [0.717, 1.165) is 0 Å². The van der Waals surface area contributed by atoms with E-state index in [1.54, 1.807) is 18.2 Å². The van der Waals surface area contributed by atoms with Crippen LogP contribution in [-0.4, -0.2) is 46.5 Å². The standard InChI is InChI=1S/C14H16N6O4/c1-23-12-4-10(2-3-11(12)24-7-13(15)21)5-17-19-14(22)6-20-9-16-8-18-20/h2-5,8-9H,6-7H2,1H3,(H2,15,21)(H,19,22). The van der Waals surface area contributed by atoms with Crippen molar-refractivity contribution in [3.63, 3.8) is 0 Å². The van der Waals surface area contributed by atoms with Gasteiger partial charge in [0.2, 0.25) is 0 Å². The number of primary amides is 1. The van der Waals surface area contributed by atoms with Gasteiger partial charge in [-0.05, 0) is 23.8 Å². The summed E-state index contributed by atoms with van der Waals surface area (Å²) in [6.45, 7) is -0.233. The summed E-state index contributed by atoms with van der Waals surface area (Å²) in [7, 11) is 1.47. The first-order valence-electron chi connectivity index (χ1n) is 6.82. The van der Waals surface area contributed by atoms with Gasteiger partial charge in [-0.2, -0.15) is 10.2 Å². The first kappa shape index (κ1) is 16.9. The van der Waals surface area contributed by atoms with Gasteiger partial charge in [-0.1, -0.05) is 0 Å². The fourth-order valence-corrected chi connectivity index (χ4v) is 1.71. The van der Waals surface area contributed by atoms with Crippen molar-refractivity contribution in [1.29, 1.82) is 0 Å². The molecule has 1 aromatic heterocycles. The smallest absolute Gasteiger partial charge is 0.261 e. The molecule has 0 fully saturated rings. The molecule has 0 saturated heterocycles. The third kappa shape index (κ3) is 5.09. The fourth-order valence-electron chi connectivity index (χ4n) is 1.71. The number of carbonyl (C=O) groups excluding carboxylic acids is 2. The summed E-state index contributed by atoms with van der Waals surface area (Å²) in [4.78, 5) is 26.1. The molecule has 0 aliphatic heterocycles. The Morgan fingerprint density at radius 1 is 1.42 bits per heavy atom. The van der Waals surface area contributed by atoms with Crippen molar-refractivity contribution in [3.05, 3.63) is 36.4 Å². The zero-order valence-corrected chi connectivity index (χ0v) is 12.9. The van der Waals surface area contributed by atoms with Crippen LogP contribution in [-0.2, 0) is 16.1 Å². The van der Waals surface area contributed by atoms with Gasteiger partial charge in [0.25, 0.3) is 11.8 Å². The molecule has 10 heteroatoms. The van der Waals surface area contributed by atoms with Crippen molar-refractivity contribution in [2.45, 2.75) is 6.54 Å². The highest BCUT2D eigenvalue weighted by molar-refractivity contribution is 5.83. The molecule has 24 heavy (non-hydrogen) atoms. The highest BCUT2D eigenvalue weighted by atomic mass is 16.5. The maximum atomic E-state index is 11.6. The summed E-state index contributed by atoms with van der Waals surface area (Å²) >= 11 is 0. The van der Waals surface area contributed by atoms with Crippen LogP contribution >= 0.6 is 0 Å². The number of ether oxygens (including phenoxy) is 2. The lowest BCUT2D eigenvalue weighted by Gasteiger charge is -2.09. The molecule has 0 unspecified atom stereocenters. The molecule has 0 bridgehead atoms. The number of nitrogens with zero attached hydrogens (tertiary/aromatic N) is 4. The Labute approximate surface area is 137 Å². The highest BCUT2D eigenvalue weighted by Crippen LogP contribution is 2.27. The second-order valence-electron chi connectivity index (χ2n) is 4.55. The number of amides is 2. The number of hydrogen-bond donors (Lipinski definition) is 2. The van der Waals surface area contributed by atoms with E-state index in [4.69, 9.17) is 15.2 Å². The van der Waals surface area contributed by atoms with Crippen LogP contribution in [0, 0.1) is 0 Å². The minimum absolute atomic E-state index is 0.0144. The summed E-state index contributed by atoms with van der Waals surface area (Å²) < 4.78 is 11.8. The van der Waals surface area contributed by atoms with Crippen molar-refractivity contribution in [2.75, 3.05) is 13.7 Å². The summed E-state index contributed by atoms with van der Waals surface area (Å²) in [5, 5.41) is 7.66. The van der Waals surface area contributed by atoms with E-state index in [9.17, 15) is 9.59 Å². The number of nitrogens with one attached hydrogen (secondary N) is 1. The van der Waals surface area contributed by atoms with Gasteiger partial charge in [0, 0.05) is 0 Å². The number of rotatable bonds is 8. The maximum Gasteiger partial charge on any atom is 0.261 e. The lowest BCUT2D eigenvalue weighted by molar-refractivity contribution is -0.122. The van der Waals surface area contributed by atoms with Crippen LogP contribution < -0.4 is 20.6 Å². The molecule has 2 rings (SSSR count). The van der Waals surface area contributed by atoms with Crippen molar-refractivity contribution in [1.82, 2.24) is 20.2 Å². The molecule has 126 valence electrons. The molecule has 0 saturated carbocycles. The van der Waals surface area contributed by atoms with Crippen LogP contribution in [0.1, 0.15) is 5.56 Å². The molecule has 3 N–H and O–H groups in total. The first-order chi connectivity index (χ1) is 11.6. The van der Waals surface area contributed by atoms with E-state index < -0.39 is 5.91 Å². The van der Waals surface area contributed by atoms with Gasteiger partial charge in [-0.15, -0.1) is 0 Å². The van der Waals surface area contributed by atoms with Crippen LogP contribution in [0.15, 0.2) is 36.0 Å². The van der Waals surface area contributed by atoms with Crippen LogP contribution in [0.3, 0.4) is 0 Å². The van der Waals surface area contributed by atoms with Crippen molar-refractivity contribution in [3.8, 4) is 11.5 Å². The third-order valence-electron chi connectivity index (χ3n) is 2.73. The summed E-state index contributed by atoms with van der Waals surface area (Å²) in [5.41, 5.74) is 8.06. The lowest BCUT2D eigenvalue weighted by atomic mass is 10.2. The van der Waals surface area contributed by atoms with E-state index >= 15 is 0 Å². The van der Waals surface area contributed by atoms with Crippen molar-refractivity contribution in [2.24, 2.45) is 10.8 Å². The fraction of sp³-hybridized carbons (Fsp3) is 0.214. The topological polar surface area (TPSA) is 134 Å². The zero-order valence-electron chi connectivity index (χ0n) is 12.9. The Morgan fingerprint density at radius 2 is 2.25 bits per heavy atom. The average Bonchev–Trinajstić information content (AvgIpc) is 3.06. The summed E-state index contributed by atoms with van der Waals surface area (Å²) in [6, 6.07) is 4.94. The second-order valence-corrected chi connectivity index (χ2v) is 4.55. The molecule has 0 aliphatic carbocycles. The van der Waals surface area contributed by atoms with Gasteiger partial charge in [0.1, 0.15) is 19.2 Å². The van der Waals surface area contributed by atoms with Crippen molar-refractivity contribution >= 4 is 18.0 Å². The number of hydrazone groups is 1.